The molecule has 0 bridgehead atoms. The lowest BCUT2D eigenvalue weighted by atomic mass is 9.91. The summed E-state index contributed by atoms with van der Waals surface area (Å²) in [5.74, 6) is 0.834. The van der Waals surface area contributed by atoms with Crippen molar-refractivity contribution in [1.82, 2.24) is 29.7 Å². The number of fused-ring (bicyclic) bond motifs is 1. The van der Waals surface area contributed by atoms with Crippen molar-refractivity contribution in [2.75, 3.05) is 5.32 Å². The molecule has 4 aromatic rings. The Kier molecular flexibility index (Phi) is 4.88. The van der Waals surface area contributed by atoms with Gasteiger partial charge in [0.05, 0.1) is 23.4 Å². The van der Waals surface area contributed by atoms with Crippen LogP contribution in [0.2, 0.25) is 0 Å². The Hall–Kier alpha value is -3.68. The third kappa shape index (κ3) is 3.63. The third-order valence-electron chi connectivity index (χ3n) is 5.62. The SMILES string of the molecule is O=c1ccc(-c2ccncc2)nn1C1CCC(Nc2ncnc3cnccc23)CC1. The van der Waals surface area contributed by atoms with Crippen LogP contribution < -0.4 is 10.9 Å². The summed E-state index contributed by atoms with van der Waals surface area (Å²) in [6.45, 7) is 0. The van der Waals surface area contributed by atoms with Crippen molar-refractivity contribution < 1.29 is 0 Å². The molecular formula is C22H21N7O. The number of nitrogens with one attached hydrogen (secondary N) is 1. The Balaban J connectivity index is 1.31. The zero-order valence-electron chi connectivity index (χ0n) is 16.3. The molecule has 0 radical (unpaired) electrons. The standard InChI is InChI=1S/C22H21N7O/c30-21-6-5-19(15-7-10-23-11-8-15)28-29(21)17-3-1-16(2-4-17)27-22-18-9-12-24-13-20(18)25-14-26-22/h5-14,16-17H,1-4H2,(H,25,26,27). The number of hydrogen-bond acceptors (Lipinski definition) is 7. The van der Waals surface area contributed by atoms with Crippen LogP contribution in [0.3, 0.4) is 0 Å². The van der Waals surface area contributed by atoms with E-state index in [-0.39, 0.29) is 11.6 Å². The maximum Gasteiger partial charge on any atom is 0.267 e. The highest BCUT2D eigenvalue weighted by Gasteiger charge is 2.24. The molecule has 0 spiro atoms. The van der Waals surface area contributed by atoms with Crippen LogP contribution in [-0.2, 0) is 0 Å². The molecule has 8 nitrogen and oxygen atoms in total. The van der Waals surface area contributed by atoms with E-state index in [1.807, 2.05) is 18.2 Å². The predicted molar refractivity (Wildman–Crippen MR) is 114 cm³/mol. The molecule has 0 unspecified atom stereocenters. The summed E-state index contributed by atoms with van der Waals surface area (Å²) < 4.78 is 1.65. The van der Waals surface area contributed by atoms with Crippen molar-refractivity contribution in [2.45, 2.75) is 37.8 Å². The van der Waals surface area contributed by atoms with Crippen molar-refractivity contribution in [3.8, 4) is 11.3 Å². The first-order chi connectivity index (χ1) is 14.8. The second-order valence-electron chi connectivity index (χ2n) is 7.50. The zero-order chi connectivity index (χ0) is 20.3. The molecule has 1 fully saturated rings. The largest absolute Gasteiger partial charge is 0.367 e. The maximum atomic E-state index is 12.5. The van der Waals surface area contributed by atoms with Crippen LogP contribution in [0.25, 0.3) is 22.2 Å². The van der Waals surface area contributed by atoms with E-state index in [1.165, 1.54) is 0 Å². The highest BCUT2D eigenvalue weighted by molar-refractivity contribution is 5.88. The van der Waals surface area contributed by atoms with Gasteiger partial charge in [-0.2, -0.15) is 5.10 Å². The van der Waals surface area contributed by atoms with Gasteiger partial charge in [-0.15, -0.1) is 0 Å². The lowest BCUT2D eigenvalue weighted by molar-refractivity contribution is 0.304. The fraction of sp³-hybridized carbons (Fsp3) is 0.273. The van der Waals surface area contributed by atoms with Gasteiger partial charge in [-0.05, 0) is 49.9 Å². The summed E-state index contributed by atoms with van der Waals surface area (Å²) >= 11 is 0. The monoisotopic (exact) mass is 399 g/mol. The lowest BCUT2D eigenvalue weighted by Gasteiger charge is -2.30. The van der Waals surface area contributed by atoms with Crippen LogP contribution in [0.15, 0.2) is 66.2 Å². The van der Waals surface area contributed by atoms with Gasteiger partial charge < -0.3 is 5.32 Å². The second kappa shape index (κ2) is 7.98. The highest BCUT2D eigenvalue weighted by Crippen LogP contribution is 2.30. The predicted octanol–water partition coefficient (Wildman–Crippen LogP) is 3.24. The van der Waals surface area contributed by atoms with Gasteiger partial charge >= 0.3 is 0 Å². The van der Waals surface area contributed by atoms with E-state index in [4.69, 9.17) is 0 Å². The van der Waals surface area contributed by atoms with Gasteiger partial charge in [0.2, 0.25) is 0 Å². The molecular weight excluding hydrogens is 378 g/mol. The number of nitrogens with zero attached hydrogens (tertiary/aromatic N) is 6. The molecule has 5 rings (SSSR count). The van der Waals surface area contributed by atoms with Crippen molar-refractivity contribution in [1.29, 1.82) is 0 Å². The molecule has 0 aliphatic heterocycles. The number of pyridine rings is 2. The molecule has 0 amide bonds. The third-order valence-corrected chi connectivity index (χ3v) is 5.62. The van der Waals surface area contributed by atoms with Crippen LogP contribution in [0.1, 0.15) is 31.7 Å². The number of rotatable bonds is 4. The van der Waals surface area contributed by atoms with Crippen LogP contribution in [0.5, 0.6) is 0 Å². The van der Waals surface area contributed by atoms with E-state index in [0.29, 0.717) is 6.04 Å². The van der Waals surface area contributed by atoms with Crippen LogP contribution >= 0.6 is 0 Å². The van der Waals surface area contributed by atoms with Crippen molar-refractivity contribution in [2.24, 2.45) is 0 Å². The minimum atomic E-state index is -0.0569. The fourth-order valence-corrected chi connectivity index (χ4v) is 4.04. The van der Waals surface area contributed by atoms with Gasteiger partial charge in [0.25, 0.3) is 5.56 Å². The van der Waals surface area contributed by atoms with Gasteiger partial charge in [0.1, 0.15) is 12.1 Å². The summed E-state index contributed by atoms with van der Waals surface area (Å²) in [6, 6.07) is 9.51. The molecule has 1 N–H and O–H groups in total. The Bertz CT molecular complexity index is 1210. The van der Waals surface area contributed by atoms with Gasteiger partial charge in [-0.25, -0.2) is 14.6 Å². The second-order valence-corrected chi connectivity index (χ2v) is 7.50. The number of aromatic nitrogens is 6. The molecule has 4 heterocycles. The first-order valence-corrected chi connectivity index (χ1v) is 10.1. The normalized spacial score (nSPS) is 18.9. The van der Waals surface area contributed by atoms with E-state index in [9.17, 15) is 4.79 Å². The summed E-state index contributed by atoms with van der Waals surface area (Å²) in [4.78, 5) is 29.3. The Morgan fingerprint density at radius 1 is 0.900 bits per heavy atom. The quantitative estimate of drug-likeness (QED) is 0.562. The average molecular weight is 399 g/mol. The topological polar surface area (TPSA) is 98.5 Å². The number of hydrogen-bond donors (Lipinski definition) is 1. The zero-order valence-corrected chi connectivity index (χ0v) is 16.3. The minimum Gasteiger partial charge on any atom is -0.367 e. The van der Waals surface area contributed by atoms with E-state index in [2.05, 4.69) is 30.4 Å². The van der Waals surface area contributed by atoms with E-state index in [1.54, 1.807) is 47.9 Å². The van der Waals surface area contributed by atoms with E-state index < -0.39 is 0 Å². The molecule has 30 heavy (non-hydrogen) atoms. The summed E-state index contributed by atoms with van der Waals surface area (Å²) in [6.07, 6.45) is 12.2. The Labute approximate surface area is 173 Å². The molecule has 1 saturated carbocycles. The van der Waals surface area contributed by atoms with Crippen LogP contribution in [-0.4, -0.2) is 35.8 Å². The summed E-state index contributed by atoms with van der Waals surface area (Å²) in [7, 11) is 0. The van der Waals surface area contributed by atoms with Crippen molar-refractivity contribution in [3.05, 3.63) is 71.8 Å². The summed E-state index contributed by atoms with van der Waals surface area (Å²) in [5, 5.41) is 9.17. The maximum absolute atomic E-state index is 12.5. The minimum absolute atomic E-state index is 0.0569. The smallest absolute Gasteiger partial charge is 0.267 e. The summed E-state index contributed by atoms with van der Waals surface area (Å²) in [5.41, 5.74) is 2.52. The average Bonchev–Trinajstić information content (AvgIpc) is 2.81. The molecule has 1 aliphatic rings. The molecule has 0 aromatic carbocycles. The Morgan fingerprint density at radius 3 is 2.53 bits per heavy atom. The fourth-order valence-electron chi connectivity index (χ4n) is 4.04. The lowest BCUT2D eigenvalue weighted by Crippen LogP contribution is -2.33. The Morgan fingerprint density at radius 2 is 1.70 bits per heavy atom. The number of anilines is 1. The van der Waals surface area contributed by atoms with Crippen LogP contribution in [0, 0.1) is 0 Å². The van der Waals surface area contributed by atoms with Crippen molar-refractivity contribution in [3.63, 3.8) is 0 Å². The molecule has 1 aliphatic carbocycles. The first kappa shape index (κ1) is 18.4. The van der Waals surface area contributed by atoms with Gasteiger partial charge in [-0.1, -0.05) is 0 Å². The van der Waals surface area contributed by atoms with Gasteiger partial charge in [0, 0.05) is 41.6 Å². The molecule has 0 saturated heterocycles. The first-order valence-electron chi connectivity index (χ1n) is 10.1. The highest BCUT2D eigenvalue weighted by atomic mass is 16.1. The van der Waals surface area contributed by atoms with Gasteiger partial charge in [-0.3, -0.25) is 14.8 Å². The molecule has 150 valence electrons. The molecule has 4 aromatic heterocycles. The van der Waals surface area contributed by atoms with E-state index in [0.717, 1.165) is 53.7 Å². The van der Waals surface area contributed by atoms with Crippen LogP contribution in [0.4, 0.5) is 5.82 Å². The molecule has 0 atom stereocenters. The van der Waals surface area contributed by atoms with Crippen molar-refractivity contribution >= 4 is 16.7 Å². The van der Waals surface area contributed by atoms with Gasteiger partial charge in [0.15, 0.2) is 0 Å². The molecule has 8 heteroatoms. The van der Waals surface area contributed by atoms with E-state index >= 15 is 0 Å².